The number of rotatable bonds is 6. The number of benzene rings is 2. The lowest BCUT2D eigenvalue weighted by atomic mass is 9.92. The van der Waals surface area contributed by atoms with Gasteiger partial charge < -0.3 is 24.8 Å². The number of fused-ring (bicyclic) bond motifs is 4. The first-order valence-electron chi connectivity index (χ1n) is 15.7. The summed E-state index contributed by atoms with van der Waals surface area (Å²) >= 11 is 8.00. The number of aromatic nitrogens is 2. The van der Waals surface area contributed by atoms with Crippen LogP contribution in [-0.4, -0.2) is 72.5 Å². The lowest BCUT2D eigenvalue weighted by Crippen LogP contribution is -2.43. The molecule has 0 radical (unpaired) electrons. The van der Waals surface area contributed by atoms with Crippen molar-refractivity contribution < 1.29 is 23.0 Å². The molecular weight excluding hydrogens is 634 g/mol. The Balaban J connectivity index is 1.35. The third-order valence-corrected chi connectivity index (χ3v) is 11.6. The molecule has 4 atom stereocenters. The number of halogens is 3. The Morgan fingerprint density at radius 2 is 2.11 bits per heavy atom. The number of hydrogen-bond acceptors (Lipinski definition) is 10. The normalized spacial score (nSPS) is 25.5. The van der Waals surface area contributed by atoms with Crippen molar-refractivity contribution >= 4 is 54.7 Å². The van der Waals surface area contributed by atoms with Gasteiger partial charge in [0.25, 0.3) is 0 Å². The molecule has 2 N–H and O–H groups in total. The number of nitrogen functional groups attached to an aromatic ring is 1. The van der Waals surface area contributed by atoms with Crippen molar-refractivity contribution in [3.05, 3.63) is 34.4 Å². The van der Waals surface area contributed by atoms with Crippen molar-refractivity contribution in [1.29, 1.82) is 5.26 Å². The summed E-state index contributed by atoms with van der Waals surface area (Å²) in [7, 11) is 1.66. The van der Waals surface area contributed by atoms with Gasteiger partial charge in [-0.25, -0.2) is 8.78 Å². The van der Waals surface area contributed by atoms with Gasteiger partial charge in [0.1, 0.15) is 41.4 Å². The summed E-state index contributed by atoms with van der Waals surface area (Å²) < 4.78 is 50.7. The predicted octanol–water partition coefficient (Wildman–Crippen LogP) is 6.53. The highest BCUT2D eigenvalue weighted by Gasteiger charge is 2.48. The van der Waals surface area contributed by atoms with Crippen molar-refractivity contribution in [3.8, 4) is 29.0 Å². The average molecular weight is 667 g/mol. The number of thiophene rings is 1. The quantitative estimate of drug-likeness (QED) is 0.246. The van der Waals surface area contributed by atoms with Crippen LogP contribution in [0.5, 0.6) is 11.8 Å². The van der Waals surface area contributed by atoms with Crippen LogP contribution < -0.4 is 20.1 Å². The van der Waals surface area contributed by atoms with Crippen molar-refractivity contribution in [3.63, 3.8) is 0 Å². The first-order chi connectivity index (χ1) is 22.2. The fraction of sp³-hybridized carbons (Fsp3) is 0.485. The number of hydrogen-bond donors (Lipinski definition) is 1. The Bertz CT molecular complexity index is 1950. The molecule has 8 rings (SSSR count). The molecule has 2 unspecified atom stereocenters. The number of nitrogens with zero attached hydrogens (tertiary/aromatic N) is 5. The van der Waals surface area contributed by atoms with E-state index in [4.69, 9.17) is 36.5 Å². The van der Waals surface area contributed by atoms with Crippen molar-refractivity contribution in [1.82, 2.24) is 14.9 Å². The van der Waals surface area contributed by atoms with Crippen LogP contribution in [0.2, 0.25) is 5.02 Å². The molecule has 2 aromatic heterocycles. The van der Waals surface area contributed by atoms with Crippen LogP contribution in [0.3, 0.4) is 0 Å². The van der Waals surface area contributed by atoms with E-state index >= 15 is 4.39 Å². The fourth-order valence-corrected chi connectivity index (χ4v) is 9.68. The largest absolute Gasteiger partial charge is 0.489 e. The van der Waals surface area contributed by atoms with Crippen LogP contribution in [0.25, 0.3) is 32.1 Å². The Morgan fingerprint density at radius 3 is 2.91 bits per heavy atom. The third-order valence-electron chi connectivity index (χ3n) is 10.3. The summed E-state index contributed by atoms with van der Waals surface area (Å²) in [5.41, 5.74) is 6.26. The molecule has 4 aliphatic rings. The summed E-state index contributed by atoms with van der Waals surface area (Å²) in [4.78, 5) is 14.3. The van der Waals surface area contributed by atoms with E-state index in [1.54, 1.807) is 7.11 Å². The average Bonchev–Trinajstić information content (AvgIpc) is 3.75. The van der Waals surface area contributed by atoms with Gasteiger partial charge in [0.05, 0.1) is 44.9 Å². The molecular formula is C33H33ClF2N6O3S. The van der Waals surface area contributed by atoms with Gasteiger partial charge in [-0.2, -0.15) is 15.2 Å². The number of methoxy groups -OCH3 is 1. The molecule has 240 valence electrons. The van der Waals surface area contributed by atoms with Gasteiger partial charge >= 0.3 is 6.01 Å². The first kappa shape index (κ1) is 29.9. The lowest BCUT2D eigenvalue weighted by molar-refractivity contribution is 0.107. The Kier molecular flexibility index (Phi) is 7.17. The van der Waals surface area contributed by atoms with Crippen LogP contribution in [0.15, 0.2) is 12.1 Å². The second kappa shape index (κ2) is 11.0. The highest BCUT2D eigenvalue weighted by Crippen LogP contribution is 2.52. The van der Waals surface area contributed by atoms with Gasteiger partial charge in [-0.3, -0.25) is 4.90 Å². The van der Waals surface area contributed by atoms with Gasteiger partial charge in [0, 0.05) is 24.6 Å². The molecule has 4 aromatic rings. The lowest BCUT2D eigenvalue weighted by Gasteiger charge is -2.32. The molecule has 9 nitrogen and oxygen atoms in total. The Morgan fingerprint density at radius 1 is 1.26 bits per heavy atom. The topological polar surface area (TPSA) is 110 Å². The minimum absolute atomic E-state index is 0.00465. The summed E-state index contributed by atoms with van der Waals surface area (Å²) in [6, 6.07) is 4.72. The van der Waals surface area contributed by atoms with E-state index in [2.05, 4.69) is 27.8 Å². The highest BCUT2D eigenvalue weighted by atomic mass is 35.5. The van der Waals surface area contributed by atoms with Crippen molar-refractivity contribution in [2.45, 2.75) is 56.7 Å². The maximum atomic E-state index is 17.2. The molecule has 0 aliphatic carbocycles. The molecule has 0 saturated carbocycles. The molecule has 0 amide bonds. The summed E-state index contributed by atoms with van der Waals surface area (Å²) in [6.07, 6.45) is 4.84. The van der Waals surface area contributed by atoms with E-state index in [1.807, 2.05) is 0 Å². The number of anilines is 2. The summed E-state index contributed by atoms with van der Waals surface area (Å²) in [6.45, 7) is 5.47. The highest BCUT2D eigenvalue weighted by molar-refractivity contribution is 7.23. The van der Waals surface area contributed by atoms with Crippen LogP contribution in [0.1, 0.15) is 44.6 Å². The summed E-state index contributed by atoms with van der Waals surface area (Å²) in [5.74, 6) is -0.00446. The second-order valence-electron chi connectivity index (χ2n) is 13.1. The number of nitrogens with two attached hydrogens (primary N) is 1. The second-order valence-corrected chi connectivity index (χ2v) is 14.5. The molecule has 13 heteroatoms. The van der Waals surface area contributed by atoms with E-state index in [-0.39, 0.29) is 78.3 Å². The third kappa shape index (κ3) is 4.35. The monoisotopic (exact) mass is 666 g/mol. The molecule has 3 saturated heterocycles. The molecule has 0 spiro atoms. The zero-order valence-corrected chi connectivity index (χ0v) is 27.1. The number of nitriles is 1. The molecule has 4 aliphatic heterocycles. The zero-order chi connectivity index (χ0) is 31.9. The smallest absolute Gasteiger partial charge is 0.319 e. The minimum atomic E-state index is -0.737. The maximum absolute atomic E-state index is 17.2. The van der Waals surface area contributed by atoms with Crippen LogP contribution in [0.4, 0.5) is 19.6 Å². The first-order valence-corrected chi connectivity index (χ1v) is 16.9. The zero-order valence-electron chi connectivity index (χ0n) is 25.5. The predicted molar refractivity (Wildman–Crippen MR) is 174 cm³/mol. The maximum Gasteiger partial charge on any atom is 0.319 e. The van der Waals surface area contributed by atoms with Gasteiger partial charge in [-0.05, 0) is 56.2 Å². The molecule has 3 fully saturated rings. The Hall–Kier alpha value is -3.50. The standard InChI is InChI=1S/C33H33ClF2N6O3S/c1-16-10-33(8-3-9-41(33)12-16)15-45-32-39-27-24-28(44-14-18-5-4-17(13-43-2)42(18)31(24)40-32)25(34)23(26(27)36)19-6-7-21(35)29-22(19)20(11-37)30(38)46-29/h6-7,16-18H,3-5,8-10,12-15,38H2,1-2H3/t16-,17?,18?,33+/m1/s1. The molecule has 6 heterocycles. The van der Waals surface area contributed by atoms with E-state index < -0.39 is 11.6 Å². The van der Waals surface area contributed by atoms with Crippen molar-refractivity contribution in [2.75, 3.05) is 50.7 Å². The van der Waals surface area contributed by atoms with Crippen molar-refractivity contribution in [2.24, 2.45) is 5.92 Å². The van der Waals surface area contributed by atoms with Gasteiger partial charge in [-0.15, -0.1) is 11.3 Å². The van der Waals surface area contributed by atoms with E-state index in [0.29, 0.717) is 30.3 Å². The number of ether oxygens (including phenoxy) is 3. The van der Waals surface area contributed by atoms with Gasteiger partial charge in [0.2, 0.25) is 0 Å². The molecule has 2 aromatic carbocycles. The van der Waals surface area contributed by atoms with Gasteiger partial charge in [0.15, 0.2) is 11.6 Å². The van der Waals surface area contributed by atoms with E-state index in [1.165, 1.54) is 12.1 Å². The van der Waals surface area contributed by atoms with E-state index in [9.17, 15) is 9.65 Å². The van der Waals surface area contributed by atoms with E-state index in [0.717, 1.165) is 56.5 Å². The van der Waals surface area contributed by atoms with Gasteiger partial charge in [-0.1, -0.05) is 24.6 Å². The SMILES string of the molecule is COCC1CCC2COc3c(Cl)c(-c4ccc(F)c5sc(N)c(C#N)c45)c(F)c4nc(OC[C@@]56CCCN5C[C@H](C)C6)nc(c34)N12. The molecule has 46 heavy (non-hydrogen) atoms. The van der Waals surface area contributed by atoms with Crippen LogP contribution >= 0.6 is 22.9 Å². The van der Waals surface area contributed by atoms with Crippen LogP contribution in [-0.2, 0) is 4.74 Å². The summed E-state index contributed by atoms with van der Waals surface area (Å²) in [5, 5.41) is 10.6. The van der Waals surface area contributed by atoms with Crippen LogP contribution in [0, 0.1) is 28.9 Å². The molecule has 0 bridgehead atoms. The fourth-order valence-electron chi connectivity index (χ4n) is 8.39. The Labute approximate surface area is 273 Å². The minimum Gasteiger partial charge on any atom is -0.489 e.